The lowest BCUT2D eigenvalue weighted by Gasteiger charge is -2.24. The van der Waals surface area contributed by atoms with E-state index in [1.54, 1.807) is 0 Å². The number of carbonyl (C=O) groups is 1. The smallest absolute Gasteiger partial charge is 0.237 e. The number of nitrogens with one attached hydrogen (secondary N) is 1. The van der Waals surface area contributed by atoms with Crippen LogP contribution in [0.2, 0.25) is 0 Å². The zero-order chi connectivity index (χ0) is 12.0. The van der Waals surface area contributed by atoms with Gasteiger partial charge in [-0.2, -0.15) is 0 Å². The van der Waals surface area contributed by atoms with E-state index in [-0.39, 0.29) is 17.9 Å². The molecule has 0 spiro atoms. The van der Waals surface area contributed by atoms with Crippen molar-refractivity contribution < 1.29 is 9.53 Å². The normalized spacial score (nSPS) is 21.4. The van der Waals surface area contributed by atoms with Gasteiger partial charge in [0, 0.05) is 19.8 Å². The van der Waals surface area contributed by atoms with E-state index in [9.17, 15) is 4.79 Å². The highest BCUT2D eigenvalue weighted by atomic mass is 16.5. The minimum absolute atomic E-state index is 0.0131. The van der Waals surface area contributed by atoms with Gasteiger partial charge in [-0.15, -0.1) is 0 Å². The van der Waals surface area contributed by atoms with Crippen LogP contribution in [0.1, 0.15) is 33.1 Å². The number of hydrogen-bond donors (Lipinski definition) is 2. The van der Waals surface area contributed by atoms with Gasteiger partial charge in [-0.3, -0.25) is 4.79 Å². The number of ether oxygens (including phenoxy) is 1. The van der Waals surface area contributed by atoms with E-state index in [1.165, 1.54) is 0 Å². The Morgan fingerprint density at radius 3 is 2.69 bits per heavy atom. The summed E-state index contributed by atoms with van der Waals surface area (Å²) in [5, 5.41) is 2.95. The summed E-state index contributed by atoms with van der Waals surface area (Å²) in [4.78, 5) is 11.7. The highest BCUT2D eigenvalue weighted by Crippen LogP contribution is 2.13. The lowest BCUT2D eigenvalue weighted by Crippen LogP contribution is -2.46. The largest absolute Gasteiger partial charge is 0.381 e. The SMILES string of the molecule is CCC(C)[C@H](N)C(=O)NCC1CCOCC1. The molecule has 1 unspecified atom stereocenters. The third-order valence-electron chi connectivity index (χ3n) is 3.47. The molecule has 1 aliphatic rings. The molecule has 0 saturated carbocycles. The summed E-state index contributed by atoms with van der Waals surface area (Å²) in [7, 11) is 0. The standard InChI is InChI=1S/C12H24N2O2/c1-3-9(2)11(13)12(15)14-8-10-4-6-16-7-5-10/h9-11H,3-8,13H2,1-2H3,(H,14,15)/t9?,11-/m0/s1. The van der Waals surface area contributed by atoms with Crippen molar-refractivity contribution >= 4 is 5.91 Å². The van der Waals surface area contributed by atoms with E-state index < -0.39 is 0 Å². The van der Waals surface area contributed by atoms with Gasteiger partial charge in [0.25, 0.3) is 0 Å². The second-order valence-electron chi connectivity index (χ2n) is 4.71. The maximum absolute atomic E-state index is 11.7. The Morgan fingerprint density at radius 1 is 1.50 bits per heavy atom. The van der Waals surface area contributed by atoms with Crippen LogP contribution in [0.25, 0.3) is 0 Å². The molecule has 0 bridgehead atoms. The van der Waals surface area contributed by atoms with Crippen molar-refractivity contribution in [2.45, 2.75) is 39.2 Å². The van der Waals surface area contributed by atoms with Crippen molar-refractivity contribution in [1.82, 2.24) is 5.32 Å². The van der Waals surface area contributed by atoms with Crippen molar-refractivity contribution in [2.24, 2.45) is 17.6 Å². The van der Waals surface area contributed by atoms with Crippen LogP contribution in [0.15, 0.2) is 0 Å². The molecule has 3 N–H and O–H groups in total. The van der Waals surface area contributed by atoms with Crippen molar-refractivity contribution in [3.05, 3.63) is 0 Å². The van der Waals surface area contributed by atoms with E-state index in [1.807, 2.05) is 6.92 Å². The third-order valence-corrected chi connectivity index (χ3v) is 3.47. The predicted octanol–water partition coefficient (Wildman–Crippen LogP) is 0.903. The van der Waals surface area contributed by atoms with Crippen LogP contribution < -0.4 is 11.1 Å². The monoisotopic (exact) mass is 228 g/mol. The molecule has 94 valence electrons. The fourth-order valence-electron chi connectivity index (χ4n) is 1.83. The van der Waals surface area contributed by atoms with E-state index in [2.05, 4.69) is 12.2 Å². The van der Waals surface area contributed by atoms with Gasteiger partial charge in [0.1, 0.15) is 0 Å². The van der Waals surface area contributed by atoms with E-state index in [4.69, 9.17) is 10.5 Å². The van der Waals surface area contributed by atoms with Crippen molar-refractivity contribution in [3.8, 4) is 0 Å². The maximum Gasteiger partial charge on any atom is 0.237 e. The molecular weight excluding hydrogens is 204 g/mol. The third kappa shape index (κ3) is 4.10. The molecule has 1 aliphatic heterocycles. The van der Waals surface area contributed by atoms with Crippen LogP contribution in [-0.4, -0.2) is 31.7 Å². The van der Waals surface area contributed by atoms with Crippen LogP contribution in [0.5, 0.6) is 0 Å². The minimum atomic E-state index is -0.371. The lowest BCUT2D eigenvalue weighted by atomic mass is 9.98. The molecule has 0 aliphatic carbocycles. The van der Waals surface area contributed by atoms with Crippen LogP contribution in [0.4, 0.5) is 0 Å². The molecule has 0 aromatic carbocycles. The van der Waals surface area contributed by atoms with Gasteiger partial charge in [0.05, 0.1) is 6.04 Å². The fraction of sp³-hybridized carbons (Fsp3) is 0.917. The van der Waals surface area contributed by atoms with Gasteiger partial charge in [-0.25, -0.2) is 0 Å². The van der Waals surface area contributed by atoms with Crippen LogP contribution in [-0.2, 0) is 9.53 Å². The first-order valence-electron chi connectivity index (χ1n) is 6.26. The highest BCUT2D eigenvalue weighted by Gasteiger charge is 2.21. The molecule has 0 aromatic heterocycles. The summed E-state index contributed by atoms with van der Waals surface area (Å²) in [6.45, 7) is 6.44. The fourth-order valence-corrected chi connectivity index (χ4v) is 1.83. The Kier molecular flexibility index (Phi) is 5.77. The molecule has 1 rings (SSSR count). The summed E-state index contributed by atoms with van der Waals surface area (Å²) in [5.74, 6) is 0.789. The Balaban J connectivity index is 2.23. The molecule has 0 aromatic rings. The predicted molar refractivity (Wildman–Crippen MR) is 64.0 cm³/mol. The first kappa shape index (κ1) is 13.5. The number of nitrogens with two attached hydrogens (primary N) is 1. The van der Waals surface area contributed by atoms with Crippen molar-refractivity contribution in [3.63, 3.8) is 0 Å². The summed E-state index contributed by atoms with van der Waals surface area (Å²) < 4.78 is 5.27. The van der Waals surface area contributed by atoms with Gasteiger partial charge >= 0.3 is 0 Å². The van der Waals surface area contributed by atoms with Gasteiger partial charge in [-0.05, 0) is 24.7 Å². The first-order chi connectivity index (χ1) is 7.65. The van der Waals surface area contributed by atoms with Crippen LogP contribution in [0, 0.1) is 11.8 Å². The summed E-state index contributed by atoms with van der Waals surface area (Å²) in [5.41, 5.74) is 5.85. The molecular formula is C12H24N2O2. The molecule has 1 fully saturated rings. The molecule has 4 nitrogen and oxygen atoms in total. The lowest BCUT2D eigenvalue weighted by molar-refractivity contribution is -0.123. The molecule has 0 radical (unpaired) electrons. The van der Waals surface area contributed by atoms with Gasteiger partial charge in [-0.1, -0.05) is 20.3 Å². The topological polar surface area (TPSA) is 64.4 Å². The molecule has 1 heterocycles. The van der Waals surface area contributed by atoms with Crippen molar-refractivity contribution in [2.75, 3.05) is 19.8 Å². The van der Waals surface area contributed by atoms with E-state index in [0.29, 0.717) is 5.92 Å². The molecule has 16 heavy (non-hydrogen) atoms. The number of carbonyl (C=O) groups excluding carboxylic acids is 1. The van der Waals surface area contributed by atoms with Gasteiger partial charge in [0.15, 0.2) is 0 Å². The Bertz CT molecular complexity index is 215. The average molecular weight is 228 g/mol. The Labute approximate surface area is 97.9 Å². The number of amides is 1. The summed E-state index contributed by atoms with van der Waals surface area (Å²) in [6, 6.07) is -0.371. The molecule has 2 atom stereocenters. The average Bonchev–Trinajstić information content (AvgIpc) is 2.35. The van der Waals surface area contributed by atoms with E-state index in [0.717, 1.165) is 39.0 Å². The zero-order valence-corrected chi connectivity index (χ0v) is 10.4. The Morgan fingerprint density at radius 2 is 2.12 bits per heavy atom. The first-order valence-corrected chi connectivity index (χ1v) is 6.26. The molecule has 4 heteroatoms. The molecule has 1 amide bonds. The summed E-state index contributed by atoms with van der Waals surface area (Å²) in [6.07, 6.45) is 3.02. The minimum Gasteiger partial charge on any atom is -0.381 e. The quantitative estimate of drug-likeness (QED) is 0.735. The van der Waals surface area contributed by atoms with Gasteiger partial charge in [0.2, 0.25) is 5.91 Å². The number of rotatable bonds is 5. The van der Waals surface area contributed by atoms with Crippen LogP contribution in [0.3, 0.4) is 0 Å². The van der Waals surface area contributed by atoms with Crippen LogP contribution >= 0.6 is 0 Å². The van der Waals surface area contributed by atoms with E-state index >= 15 is 0 Å². The van der Waals surface area contributed by atoms with Crippen molar-refractivity contribution in [1.29, 1.82) is 0 Å². The second kappa shape index (κ2) is 6.86. The number of hydrogen-bond acceptors (Lipinski definition) is 3. The zero-order valence-electron chi connectivity index (χ0n) is 10.4. The summed E-state index contributed by atoms with van der Waals surface area (Å²) >= 11 is 0. The van der Waals surface area contributed by atoms with Gasteiger partial charge < -0.3 is 15.8 Å². The Hall–Kier alpha value is -0.610. The molecule has 1 saturated heterocycles. The second-order valence-corrected chi connectivity index (χ2v) is 4.71. The maximum atomic E-state index is 11.7. The highest BCUT2D eigenvalue weighted by molar-refractivity contribution is 5.81.